The number of carbonyl (C=O) groups excluding carboxylic acids is 3. The molecule has 3 aromatic rings. The minimum absolute atomic E-state index is 0.0179. The van der Waals surface area contributed by atoms with Crippen LogP contribution in [0.4, 0.5) is 14.0 Å². The number of cyclic esters (lactones) is 1. The summed E-state index contributed by atoms with van der Waals surface area (Å²) in [6, 6.07) is 2.80. The second-order valence-electron chi connectivity index (χ2n) is 12.7. The van der Waals surface area contributed by atoms with Crippen LogP contribution >= 0.6 is 0 Å². The van der Waals surface area contributed by atoms with Crippen molar-refractivity contribution in [2.45, 2.75) is 72.3 Å². The second kappa shape index (κ2) is 10.5. The molecular weight excluding hydrogens is 587 g/mol. The number of halogens is 1. The van der Waals surface area contributed by atoms with E-state index in [1.54, 1.807) is 40.7 Å². The molecule has 6 rings (SSSR count). The monoisotopic (exact) mass is 622 g/mol. The maximum atomic E-state index is 15.5. The third-order valence-corrected chi connectivity index (χ3v) is 8.78. The van der Waals surface area contributed by atoms with Gasteiger partial charge < -0.3 is 33.7 Å². The lowest BCUT2D eigenvalue weighted by Crippen LogP contribution is -2.52. The topological polar surface area (TPSA) is 140 Å². The molecular formula is C32H35FN4O8. The van der Waals surface area contributed by atoms with E-state index < -0.39 is 40.7 Å². The summed E-state index contributed by atoms with van der Waals surface area (Å²) in [5.41, 5.74) is 0.407. The van der Waals surface area contributed by atoms with Gasteiger partial charge in [0.25, 0.3) is 5.56 Å². The van der Waals surface area contributed by atoms with Crippen LogP contribution in [0, 0.1) is 19.7 Å². The number of hydrogen-bond donors (Lipinski definition) is 1. The molecule has 0 radical (unpaired) electrons. The number of aliphatic hydroxyl groups is 1. The molecule has 1 saturated heterocycles. The number of ether oxygens (including phenoxy) is 3. The number of nitrogens with zero attached hydrogens (tertiary/aromatic N) is 4. The zero-order valence-electron chi connectivity index (χ0n) is 26.1. The number of aromatic nitrogens is 2. The molecule has 13 heteroatoms. The second-order valence-corrected chi connectivity index (χ2v) is 12.7. The summed E-state index contributed by atoms with van der Waals surface area (Å²) in [5.74, 6) is -1.82. The average Bonchev–Trinajstić information content (AvgIpc) is 3.35. The number of aryl methyl sites for hydroxylation is 2. The van der Waals surface area contributed by atoms with Crippen molar-refractivity contribution in [3.05, 3.63) is 56.1 Å². The van der Waals surface area contributed by atoms with Crippen molar-refractivity contribution in [1.29, 1.82) is 0 Å². The molecule has 0 bridgehead atoms. The smallest absolute Gasteiger partial charge is 0.415 e. The summed E-state index contributed by atoms with van der Waals surface area (Å²) in [4.78, 5) is 59.1. The van der Waals surface area contributed by atoms with Crippen molar-refractivity contribution in [1.82, 2.24) is 19.4 Å². The fourth-order valence-electron chi connectivity index (χ4n) is 6.31. The van der Waals surface area contributed by atoms with Crippen molar-refractivity contribution in [3.8, 4) is 17.1 Å². The highest BCUT2D eigenvalue weighted by atomic mass is 19.1. The number of pyridine rings is 2. The maximum absolute atomic E-state index is 15.5. The van der Waals surface area contributed by atoms with Gasteiger partial charge in [0.1, 0.15) is 12.2 Å². The largest absolute Gasteiger partial charge is 0.458 e. The SMILES string of the molecule is CC[C@@]1(O)C(=O)OCc2c1cc1n(c2=O)Cc2c-1nc1cc(F)c(OC(=O)N3CCN(C(=O)OC(C)(C)C)CC3)c(C)c1c2C. The van der Waals surface area contributed by atoms with Gasteiger partial charge in [0, 0.05) is 54.3 Å². The van der Waals surface area contributed by atoms with Crippen molar-refractivity contribution in [2.75, 3.05) is 26.2 Å². The summed E-state index contributed by atoms with van der Waals surface area (Å²) < 4.78 is 33.2. The standard InChI is InChI=1S/C32H35FN4O8/c1-7-32(42)20-12-23-25-18(14-37(23)27(38)19(20)15-43-28(32)39)16(2)24-17(3)26(21(33)13-22(24)34-25)44-29(40)35-8-10-36(11-9-35)30(41)45-31(4,5)6/h12-13,42H,7-11,14-15H2,1-6H3/t32-/m0/s1. The van der Waals surface area contributed by atoms with Crippen LogP contribution in [-0.4, -0.2) is 74.4 Å². The molecule has 45 heavy (non-hydrogen) atoms. The Morgan fingerprint density at radius 2 is 1.69 bits per heavy atom. The average molecular weight is 623 g/mol. The quantitative estimate of drug-likeness (QED) is 0.330. The minimum atomic E-state index is -1.96. The highest BCUT2D eigenvalue weighted by Crippen LogP contribution is 2.42. The summed E-state index contributed by atoms with van der Waals surface area (Å²) in [7, 11) is 0. The molecule has 0 spiro atoms. The first kappa shape index (κ1) is 30.5. The van der Waals surface area contributed by atoms with Crippen LogP contribution in [0.3, 0.4) is 0 Å². The number of esters is 1. The van der Waals surface area contributed by atoms with Crippen LogP contribution in [-0.2, 0) is 33.0 Å². The molecule has 1 fully saturated rings. The molecule has 0 unspecified atom stereocenters. The van der Waals surface area contributed by atoms with Crippen molar-refractivity contribution in [2.24, 2.45) is 0 Å². The number of amides is 2. The van der Waals surface area contributed by atoms with Gasteiger partial charge in [0.2, 0.25) is 0 Å². The Kier molecular flexibility index (Phi) is 7.14. The first-order valence-electron chi connectivity index (χ1n) is 14.9. The lowest BCUT2D eigenvalue weighted by molar-refractivity contribution is -0.172. The number of benzene rings is 1. The molecule has 3 aliphatic rings. The van der Waals surface area contributed by atoms with E-state index in [-0.39, 0.29) is 62.6 Å². The van der Waals surface area contributed by atoms with Gasteiger partial charge in [0.15, 0.2) is 17.2 Å². The Morgan fingerprint density at radius 3 is 2.31 bits per heavy atom. The number of hydrogen-bond acceptors (Lipinski definition) is 9. The summed E-state index contributed by atoms with van der Waals surface area (Å²) in [6.07, 6.45) is -1.18. The van der Waals surface area contributed by atoms with Gasteiger partial charge in [-0.25, -0.2) is 23.8 Å². The third kappa shape index (κ3) is 4.89. The van der Waals surface area contributed by atoms with Crippen LogP contribution in [0.1, 0.15) is 61.9 Å². The summed E-state index contributed by atoms with van der Waals surface area (Å²) in [5, 5.41) is 11.7. The molecule has 238 valence electrons. The van der Waals surface area contributed by atoms with Crippen LogP contribution < -0.4 is 10.3 Å². The zero-order chi connectivity index (χ0) is 32.6. The van der Waals surface area contributed by atoms with Crippen LogP contribution in [0.5, 0.6) is 5.75 Å². The van der Waals surface area contributed by atoms with Gasteiger partial charge in [-0.15, -0.1) is 0 Å². The predicted molar refractivity (Wildman–Crippen MR) is 159 cm³/mol. The van der Waals surface area contributed by atoms with E-state index in [0.29, 0.717) is 27.9 Å². The van der Waals surface area contributed by atoms with Crippen LogP contribution in [0.2, 0.25) is 0 Å². The first-order valence-corrected chi connectivity index (χ1v) is 14.9. The molecule has 0 aliphatic carbocycles. The van der Waals surface area contributed by atoms with E-state index in [4.69, 9.17) is 19.2 Å². The highest BCUT2D eigenvalue weighted by molar-refractivity contribution is 5.93. The fraction of sp³-hybridized carbons (Fsp3) is 0.469. The molecule has 1 atom stereocenters. The van der Waals surface area contributed by atoms with E-state index in [0.717, 1.165) is 11.1 Å². The molecule has 1 N–H and O–H groups in total. The molecule has 2 amide bonds. The Bertz CT molecular complexity index is 1860. The zero-order valence-corrected chi connectivity index (χ0v) is 26.1. The van der Waals surface area contributed by atoms with E-state index in [1.165, 1.54) is 20.4 Å². The normalized spacial score (nSPS) is 19.2. The number of piperazine rings is 1. The summed E-state index contributed by atoms with van der Waals surface area (Å²) in [6.45, 7) is 11.3. The number of fused-ring (bicyclic) bond motifs is 5. The Morgan fingerprint density at radius 1 is 1.04 bits per heavy atom. The number of rotatable bonds is 2. The van der Waals surface area contributed by atoms with E-state index >= 15 is 4.39 Å². The third-order valence-electron chi connectivity index (χ3n) is 8.78. The fourth-order valence-corrected chi connectivity index (χ4v) is 6.31. The van der Waals surface area contributed by atoms with Crippen LogP contribution in [0.25, 0.3) is 22.3 Å². The predicted octanol–water partition coefficient (Wildman–Crippen LogP) is 3.89. The maximum Gasteiger partial charge on any atom is 0.415 e. The Hall–Kier alpha value is -4.52. The van der Waals surface area contributed by atoms with Gasteiger partial charge in [-0.2, -0.15) is 0 Å². The lowest BCUT2D eigenvalue weighted by Gasteiger charge is -2.35. The lowest BCUT2D eigenvalue weighted by atomic mass is 9.86. The minimum Gasteiger partial charge on any atom is -0.458 e. The van der Waals surface area contributed by atoms with Crippen LogP contribution in [0.15, 0.2) is 16.9 Å². The van der Waals surface area contributed by atoms with Crippen molar-refractivity contribution in [3.63, 3.8) is 0 Å². The van der Waals surface area contributed by atoms with Gasteiger partial charge in [-0.3, -0.25) is 4.79 Å². The molecule has 5 heterocycles. The van der Waals surface area contributed by atoms with E-state index in [9.17, 15) is 24.3 Å². The van der Waals surface area contributed by atoms with E-state index in [1.807, 2.05) is 6.92 Å². The molecule has 2 aromatic heterocycles. The Labute approximate surface area is 258 Å². The Balaban J connectivity index is 1.31. The van der Waals surface area contributed by atoms with Gasteiger partial charge in [-0.1, -0.05) is 6.92 Å². The first-order chi connectivity index (χ1) is 21.1. The van der Waals surface area contributed by atoms with Crippen molar-refractivity contribution < 1.29 is 38.1 Å². The van der Waals surface area contributed by atoms with Gasteiger partial charge in [0.05, 0.1) is 29.0 Å². The molecule has 1 aromatic carbocycles. The highest BCUT2D eigenvalue weighted by Gasteiger charge is 2.45. The molecule has 12 nitrogen and oxygen atoms in total. The molecule has 0 saturated carbocycles. The summed E-state index contributed by atoms with van der Waals surface area (Å²) >= 11 is 0. The van der Waals surface area contributed by atoms with Gasteiger partial charge >= 0.3 is 18.2 Å². The van der Waals surface area contributed by atoms with Gasteiger partial charge in [-0.05, 0) is 52.7 Å². The molecule has 3 aliphatic heterocycles. The number of carbonyl (C=O) groups is 3. The van der Waals surface area contributed by atoms with E-state index in [2.05, 4.69) is 0 Å². The van der Waals surface area contributed by atoms with Crippen molar-refractivity contribution >= 4 is 29.1 Å².